The van der Waals surface area contributed by atoms with Gasteiger partial charge in [0.05, 0.1) is 12.8 Å². The van der Waals surface area contributed by atoms with Gasteiger partial charge in [0.25, 0.3) is 0 Å². The monoisotopic (exact) mass is 504 g/mol. The molecule has 11 heteroatoms. The van der Waals surface area contributed by atoms with Crippen LogP contribution in [0.15, 0.2) is 48.5 Å². The topological polar surface area (TPSA) is 170 Å². The molecule has 1 aromatic heterocycles. The minimum Gasteiger partial charge on any atom is -0.495 e. The van der Waals surface area contributed by atoms with Gasteiger partial charge >= 0.3 is 0 Å². The van der Waals surface area contributed by atoms with Crippen LogP contribution in [-0.2, 0) is 0 Å². The highest BCUT2D eigenvalue weighted by Crippen LogP contribution is 2.33. The molecule has 37 heavy (non-hydrogen) atoms. The van der Waals surface area contributed by atoms with Crippen molar-refractivity contribution in [2.75, 3.05) is 48.4 Å². The summed E-state index contributed by atoms with van der Waals surface area (Å²) in [6, 6.07) is 15.9. The van der Waals surface area contributed by atoms with Gasteiger partial charge in [-0.05, 0) is 36.1 Å². The second-order valence-electron chi connectivity index (χ2n) is 9.99. The van der Waals surface area contributed by atoms with Crippen LogP contribution in [0.25, 0.3) is 11.1 Å². The summed E-state index contributed by atoms with van der Waals surface area (Å²) in [4.78, 5) is 18.4. The van der Waals surface area contributed by atoms with Crippen LogP contribution < -0.4 is 42.8 Å². The van der Waals surface area contributed by atoms with Crippen molar-refractivity contribution in [1.82, 2.24) is 15.0 Å². The number of methoxy groups -OCH3 is 1. The molecule has 9 N–H and O–H groups in total. The first-order valence-electron chi connectivity index (χ1n) is 12.7. The lowest BCUT2D eigenvalue weighted by atomic mass is 10.0. The van der Waals surface area contributed by atoms with Gasteiger partial charge in [0.2, 0.25) is 17.8 Å². The third-order valence-corrected chi connectivity index (χ3v) is 6.76. The molecule has 2 aromatic carbocycles. The molecule has 5 rings (SSSR count). The normalized spacial score (nSPS) is 24.1. The SMILES string of the molecule is COc1ccc(-c2ccccc2)cc1Nc1nc(N2CC(N)CC(N)C2)nc(N2CC(N)CC(N)C2)n1. The Kier molecular flexibility index (Phi) is 7.38. The van der Waals surface area contributed by atoms with Gasteiger partial charge in [-0.2, -0.15) is 15.0 Å². The summed E-state index contributed by atoms with van der Waals surface area (Å²) < 4.78 is 5.64. The zero-order valence-corrected chi connectivity index (χ0v) is 21.1. The number of anilines is 4. The fourth-order valence-corrected chi connectivity index (χ4v) is 5.11. The molecule has 2 saturated heterocycles. The third kappa shape index (κ3) is 5.91. The fourth-order valence-electron chi connectivity index (χ4n) is 5.11. The Bertz CT molecular complexity index is 1140. The molecule has 11 nitrogen and oxygen atoms in total. The largest absolute Gasteiger partial charge is 0.495 e. The lowest BCUT2D eigenvalue weighted by Gasteiger charge is -2.37. The number of benzene rings is 2. The standard InChI is InChI=1S/C26H36N10O/c1-37-23-8-7-17(16-5-3-2-4-6-16)9-22(23)31-24-32-25(35-12-18(27)10-19(28)13-35)34-26(33-24)36-14-20(29)11-21(30)15-36/h2-9,18-21H,10-15,27-30H2,1H3,(H,31,32,33,34). The quantitative estimate of drug-likeness (QED) is 0.325. The van der Waals surface area contributed by atoms with Crippen LogP contribution in [-0.4, -0.2) is 72.4 Å². The molecule has 0 spiro atoms. The van der Waals surface area contributed by atoms with Crippen molar-refractivity contribution >= 4 is 23.5 Å². The Balaban J connectivity index is 1.52. The van der Waals surface area contributed by atoms with E-state index in [4.69, 9.17) is 42.6 Å². The van der Waals surface area contributed by atoms with Gasteiger partial charge in [0.1, 0.15) is 5.75 Å². The summed E-state index contributed by atoms with van der Waals surface area (Å²) in [6.07, 6.45) is 1.53. The number of rotatable bonds is 6. The first kappa shape index (κ1) is 25.2. The molecule has 4 atom stereocenters. The smallest absolute Gasteiger partial charge is 0.233 e. The van der Waals surface area contributed by atoms with Crippen LogP contribution in [0.4, 0.5) is 23.5 Å². The van der Waals surface area contributed by atoms with E-state index in [0.717, 1.165) is 29.7 Å². The zero-order valence-electron chi connectivity index (χ0n) is 21.1. The van der Waals surface area contributed by atoms with Crippen molar-refractivity contribution in [1.29, 1.82) is 0 Å². The van der Waals surface area contributed by atoms with Crippen LogP contribution in [0.1, 0.15) is 12.8 Å². The van der Waals surface area contributed by atoms with Gasteiger partial charge in [0.15, 0.2) is 0 Å². The highest BCUT2D eigenvalue weighted by molar-refractivity contribution is 5.74. The highest BCUT2D eigenvalue weighted by atomic mass is 16.5. The van der Waals surface area contributed by atoms with E-state index >= 15 is 0 Å². The second kappa shape index (κ2) is 10.9. The first-order chi connectivity index (χ1) is 17.9. The van der Waals surface area contributed by atoms with E-state index < -0.39 is 0 Å². The second-order valence-corrected chi connectivity index (χ2v) is 9.99. The van der Waals surface area contributed by atoms with Gasteiger partial charge in [-0.1, -0.05) is 36.4 Å². The summed E-state index contributed by atoms with van der Waals surface area (Å²) in [5.74, 6) is 2.10. The summed E-state index contributed by atoms with van der Waals surface area (Å²) in [5.41, 5.74) is 28.0. The van der Waals surface area contributed by atoms with E-state index in [1.807, 2.05) is 46.2 Å². The number of hydrogen-bond donors (Lipinski definition) is 5. The van der Waals surface area contributed by atoms with Gasteiger partial charge in [-0.25, -0.2) is 0 Å². The Hall–Kier alpha value is -3.51. The van der Waals surface area contributed by atoms with Gasteiger partial charge in [0, 0.05) is 50.3 Å². The predicted octanol–water partition coefficient (Wildman–Crippen LogP) is 1.02. The number of piperidine rings is 2. The van der Waals surface area contributed by atoms with Crippen molar-refractivity contribution in [3.8, 4) is 16.9 Å². The van der Waals surface area contributed by atoms with Crippen LogP contribution in [0.5, 0.6) is 5.75 Å². The fraction of sp³-hybridized carbons (Fsp3) is 0.423. The molecule has 2 aliphatic rings. The molecule has 0 amide bonds. The predicted molar refractivity (Wildman–Crippen MR) is 147 cm³/mol. The number of nitrogens with two attached hydrogens (primary N) is 4. The number of nitrogens with one attached hydrogen (secondary N) is 1. The average molecular weight is 505 g/mol. The van der Waals surface area contributed by atoms with Crippen molar-refractivity contribution in [3.63, 3.8) is 0 Å². The zero-order chi connectivity index (χ0) is 25.9. The van der Waals surface area contributed by atoms with Crippen molar-refractivity contribution in [2.24, 2.45) is 22.9 Å². The third-order valence-electron chi connectivity index (χ3n) is 6.76. The molecule has 0 aliphatic carbocycles. The maximum absolute atomic E-state index is 6.27. The summed E-state index contributed by atoms with van der Waals surface area (Å²) in [5, 5.41) is 3.37. The van der Waals surface area contributed by atoms with Crippen molar-refractivity contribution in [3.05, 3.63) is 48.5 Å². The lowest BCUT2D eigenvalue weighted by molar-refractivity contribution is 0.417. The maximum atomic E-state index is 6.27. The van der Waals surface area contributed by atoms with Crippen LogP contribution in [0.3, 0.4) is 0 Å². The molecular formula is C26H36N10O. The molecule has 196 valence electrons. The van der Waals surface area contributed by atoms with Gasteiger partial charge < -0.3 is 42.8 Å². The number of aromatic nitrogens is 3. The molecule has 4 unspecified atom stereocenters. The molecule has 0 saturated carbocycles. The van der Waals surface area contributed by atoms with Crippen LogP contribution in [0, 0.1) is 0 Å². The Morgan fingerprint density at radius 1 is 0.730 bits per heavy atom. The minimum absolute atomic E-state index is 0.0557. The van der Waals surface area contributed by atoms with Crippen LogP contribution >= 0.6 is 0 Å². The van der Waals surface area contributed by atoms with E-state index in [1.165, 1.54) is 0 Å². The summed E-state index contributed by atoms with van der Waals surface area (Å²) >= 11 is 0. The van der Waals surface area contributed by atoms with Crippen LogP contribution in [0.2, 0.25) is 0 Å². The molecule has 0 bridgehead atoms. The van der Waals surface area contributed by atoms with Gasteiger partial charge in [-0.15, -0.1) is 0 Å². The Labute approximate surface area is 217 Å². The number of nitrogens with zero attached hydrogens (tertiary/aromatic N) is 5. The lowest BCUT2D eigenvalue weighted by Crippen LogP contribution is -2.54. The molecule has 3 aromatic rings. The highest BCUT2D eigenvalue weighted by Gasteiger charge is 2.29. The van der Waals surface area contributed by atoms with E-state index in [-0.39, 0.29) is 24.2 Å². The molecule has 2 aliphatic heterocycles. The molecular weight excluding hydrogens is 468 g/mol. The first-order valence-corrected chi connectivity index (χ1v) is 12.7. The van der Waals surface area contributed by atoms with E-state index in [1.54, 1.807) is 7.11 Å². The maximum Gasteiger partial charge on any atom is 0.233 e. The Morgan fingerprint density at radius 3 is 1.78 bits per heavy atom. The number of ether oxygens (including phenoxy) is 1. The number of hydrogen-bond acceptors (Lipinski definition) is 11. The Morgan fingerprint density at radius 2 is 1.27 bits per heavy atom. The molecule has 3 heterocycles. The van der Waals surface area contributed by atoms with E-state index in [0.29, 0.717) is 49.8 Å². The summed E-state index contributed by atoms with van der Waals surface area (Å²) in [7, 11) is 1.64. The molecule has 0 radical (unpaired) electrons. The summed E-state index contributed by atoms with van der Waals surface area (Å²) in [6.45, 7) is 2.45. The van der Waals surface area contributed by atoms with Crippen molar-refractivity contribution < 1.29 is 4.74 Å². The average Bonchev–Trinajstić information content (AvgIpc) is 2.88. The van der Waals surface area contributed by atoms with Gasteiger partial charge in [-0.3, -0.25) is 0 Å². The minimum atomic E-state index is -0.0557. The molecule has 2 fully saturated rings. The van der Waals surface area contributed by atoms with E-state index in [2.05, 4.69) is 17.4 Å². The van der Waals surface area contributed by atoms with Crippen molar-refractivity contribution in [2.45, 2.75) is 37.0 Å². The van der Waals surface area contributed by atoms with E-state index in [9.17, 15) is 0 Å².